The van der Waals surface area contributed by atoms with Crippen LogP contribution >= 0.6 is 0 Å². The fraction of sp³-hybridized carbons (Fsp3) is 0.733. The second-order valence-electron chi connectivity index (χ2n) is 7.07. The number of rotatable bonds is 5. The van der Waals surface area contributed by atoms with Crippen molar-refractivity contribution < 1.29 is 5.11 Å². The molecule has 0 fully saturated rings. The van der Waals surface area contributed by atoms with Gasteiger partial charge in [-0.15, -0.1) is 0 Å². The molecule has 0 amide bonds. The molecule has 0 radical (unpaired) electrons. The number of nitrogens with one attached hydrogen (secondary N) is 1. The maximum absolute atomic E-state index is 12.3. The first-order valence-electron chi connectivity index (χ1n) is 7.07. The molecule has 0 aliphatic heterocycles. The van der Waals surface area contributed by atoms with Crippen LogP contribution < -0.4 is 10.9 Å². The molecule has 1 rings (SSSR count). The van der Waals surface area contributed by atoms with Gasteiger partial charge in [-0.05, 0) is 40.0 Å². The van der Waals surface area contributed by atoms with Crippen LogP contribution in [0.25, 0.3) is 0 Å². The van der Waals surface area contributed by atoms with E-state index in [1.807, 2.05) is 20.8 Å². The van der Waals surface area contributed by atoms with Gasteiger partial charge >= 0.3 is 0 Å². The lowest BCUT2D eigenvalue weighted by Gasteiger charge is -2.26. The van der Waals surface area contributed by atoms with E-state index in [9.17, 15) is 9.90 Å². The minimum absolute atomic E-state index is 0.166. The summed E-state index contributed by atoms with van der Waals surface area (Å²) in [5, 5.41) is 13.2. The summed E-state index contributed by atoms with van der Waals surface area (Å²) in [5.41, 5.74) is -1.32. The second-order valence-corrected chi connectivity index (χ2v) is 7.07. The van der Waals surface area contributed by atoms with Gasteiger partial charge in [0, 0.05) is 24.5 Å². The SMILES string of the molecule is CC(C)CC(C)(O)CNc1nccn(C(C)(C)C)c1=O. The predicted octanol–water partition coefficient (Wildman–Crippen LogP) is 2.21. The number of aliphatic hydroxyl groups is 1. The van der Waals surface area contributed by atoms with E-state index in [0.717, 1.165) is 0 Å². The van der Waals surface area contributed by atoms with Gasteiger partial charge < -0.3 is 15.0 Å². The average molecular weight is 281 g/mol. The van der Waals surface area contributed by atoms with Crippen LogP contribution in [0.15, 0.2) is 17.2 Å². The Morgan fingerprint density at radius 3 is 2.45 bits per heavy atom. The maximum atomic E-state index is 12.3. The number of hydrogen-bond acceptors (Lipinski definition) is 4. The Labute approximate surface area is 121 Å². The molecule has 114 valence electrons. The smallest absolute Gasteiger partial charge is 0.293 e. The molecule has 1 heterocycles. The molecule has 0 aromatic carbocycles. The topological polar surface area (TPSA) is 67.2 Å². The van der Waals surface area contributed by atoms with E-state index in [4.69, 9.17) is 0 Å². The standard InChI is InChI=1S/C15H27N3O2/c1-11(2)9-15(6,20)10-17-12-13(19)18(8-7-16-12)14(3,4)5/h7-8,11,20H,9-10H2,1-6H3,(H,16,17). The lowest BCUT2D eigenvalue weighted by Crippen LogP contribution is -2.39. The molecule has 1 atom stereocenters. The Hall–Kier alpha value is -1.36. The zero-order chi connectivity index (χ0) is 15.6. The Balaban J connectivity index is 2.88. The van der Waals surface area contributed by atoms with Gasteiger partial charge in [0.25, 0.3) is 5.56 Å². The van der Waals surface area contributed by atoms with Crippen LogP contribution in [0.4, 0.5) is 5.82 Å². The van der Waals surface area contributed by atoms with Crippen molar-refractivity contribution in [3.8, 4) is 0 Å². The Bertz CT molecular complexity index is 499. The highest BCUT2D eigenvalue weighted by molar-refractivity contribution is 5.31. The van der Waals surface area contributed by atoms with Gasteiger partial charge in [0.05, 0.1) is 5.60 Å². The van der Waals surface area contributed by atoms with Gasteiger partial charge in [0.15, 0.2) is 5.82 Å². The molecule has 0 bridgehead atoms. The summed E-state index contributed by atoms with van der Waals surface area (Å²) in [6.07, 6.45) is 3.95. The molecule has 0 saturated heterocycles. The summed E-state index contributed by atoms with van der Waals surface area (Å²) in [5.74, 6) is 0.674. The Morgan fingerprint density at radius 1 is 1.35 bits per heavy atom. The van der Waals surface area contributed by atoms with E-state index in [-0.39, 0.29) is 16.9 Å². The molecule has 0 saturated carbocycles. The molecule has 1 aromatic rings. The molecule has 1 unspecified atom stereocenters. The van der Waals surface area contributed by atoms with E-state index in [2.05, 4.69) is 24.1 Å². The molecule has 20 heavy (non-hydrogen) atoms. The lowest BCUT2D eigenvalue weighted by atomic mass is 9.94. The fourth-order valence-electron chi connectivity index (χ4n) is 2.29. The van der Waals surface area contributed by atoms with Crippen molar-refractivity contribution in [2.75, 3.05) is 11.9 Å². The summed E-state index contributed by atoms with van der Waals surface area (Å²) in [4.78, 5) is 16.4. The van der Waals surface area contributed by atoms with Gasteiger partial charge in [0.2, 0.25) is 0 Å². The lowest BCUT2D eigenvalue weighted by molar-refractivity contribution is 0.0514. The molecule has 1 aromatic heterocycles. The Kier molecular flexibility index (Phi) is 4.97. The highest BCUT2D eigenvalue weighted by Gasteiger charge is 2.23. The van der Waals surface area contributed by atoms with E-state index >= 15 is 0 Å². The van der Waals surface area contributed by atoms with E-state index < -0.39 is 5.60 Å². The first-order chi connectivity index (χ1) is 9.03. The van der Waals surface area contributed by atoms with Crippen molar-refractivity contribution >= 4 is 5.82 Å². The number of anilines is 1. The van der Waals surface area contributed by atoms with Crippen molar-refractivity contribution in [2.24, 2.45) is 5.92 Å². The van der Waals surface area contributed by atoms with Gasteiger partial charge in [-0.1, -0.05) is 13.8 Å². The fourth-order valence-corrected chi connectivity index (χ4v) is 2.29. The molecular weight excluding hydrogens is 254 g/mol. The van der Waals surface area contributed by atoms with Crippen LogP contribution in [-0.2, 0) is 5.54 Å². The number of nitrogens with zero attached hydrogens (tertiary/aromatic N) is 2. The highest BCUT2D eigenvalue weighted by Crippen LogP contribution is 2.16. The van der Waals surface area contributed by atoms with Crippen molar-refractivity contribution in [1.29, 1.82) is 0 Å². The zero-order valence-corrected chi connectivity index (χ0v) is 13.4. The van der Waals surface area contributed by atoms with Crippen LogP contribution in [0.2, 0.25) is 0 Å². The van der Waals surface area contributed by atoms with Gasteiger partial charge in [-0.2, -0.15) is 0 Å². The molecule has 0 aliphatic rings. The number of aromatic nitrogens is 2. The van der Waals surface area contributed by atoms with Gasteiger partial charge in [0.1, 0.15) is 0 Å². The summed E-state index contributed by atoms with van der Waals surface area (Å²) < 4.78 is 1.64. The number of hydrogen-bond donors (Lipinski definition) is 2. The molecule has 0 spiro atoms. The van der Waals surface area contributed by atoms with Crippen molar-refractivity contribution in [2.45, 2.75) is 59.1 Å². The molecule has 2 N–H and O–H groups in total. The van der Waals surface area contributed by atoms with Crippen molar-refractivity contribution in [3.63, 3.8) is 0 Å². The zero-order valence-electron chi connectivity index (χ0n) is 13.4. The minimum Gasteiger partial charge on any atom is -0.388 e. The second kappa shape index (κ2) is 5.95. The van der Waals surface area contributed by atoms with Crippen LogP contribution in [0.3, 0.4) is 0 Å². The summed E-state index contributed by atoms with van der Waals surface area (Å²) in [6, 6.07) is 0. The summed E-state index contributed by atoms with van der Waals surface area (Å²) in [6.45, 7) is 12.1. The Morgan fingerprint density at radius 2 is 1.95 bits per heavy atom. The largest absolute Gasteiger partial charge is 0.388 e. The van der Waals surface area contributed by atoms with Gasteiger partial charge in [-0.3, -0.25) is 4.79 Å². The van der Waals surface area contributed by atoms with Crippen LogP contribution in [-0.4, -0.2) is 26.8 Å². The quantitative estimate of drug-likeness (QED) is 0.868. The normalized spacial score (nSPS) is 15.2. The molecule has 0 aliphatic carbocycles. The van der Waals surface area contributed by atoms with Gasteiger partial charge in [-0.25, -0.2) is 4.98 Å². The predicted molar refractivity (Wildman–Crippen MR) is 82.1 cm³/mol. The van der Waals surface area contributed by atoms with Crippen LogP contribution in [0.5, 0.6) is 0 Å². The summed E-state index contributed by atoms with van der Waals surface area (Å²) >= 11 is 0. The van der Waals surface area contributed by atoms with E-state index in [1.54, 1.807) is 23.9 Å². The molecule has 5 heteroatoms. The summed E-state index contributed by atoms with van der Waals surface area (Å²) in [7, 11) is 0. The van der Waals surface area contributed by atoms with Crippen molar-refractivity contribution in [1.82, 2.24) is 9.55 Å². The first-order valence-corrected chi connectivity index (χ1v) is 7.07. The minimum atomic E-state index is -0.856. The third-order valence-corrected chi connectivity index (χ3v) is 3.05. The van der Waals surface area contributed by atoms with Crippen LogP contribution in [0.1, 0.15) is 48.0 Å². The monoisotopic (exact) mass is 281 g/mol. The van der Waals surface area contributed by atoms with Crippen LogP contribution in [0, 0.1) is 5.92 Å². The highest BCUT2D eigenvalue weighted by atomic mass is 16.3. The maximum Gasteiger partial charge on any atom is 0.293 e. The van der Waals surface area contributed by atoms with E-state index in [0.29, 0.717) is 18.9 Å². The van der Waals surface area contributed by atoms with Crippen molar-refractivity contribution in [3.05, 3.63) is 22.7 Å². The third-order valence-electron chi connectivity index (χ3n) is 3.05. The third kappa shape index (κ3) is 4.63. The average Bonchev–Trinajstić information content (AvgIpc) is 2.24. The molecular formula is C15H27N3O2. The first kappa shape index (κ1) is 16.7. The molecule has 5 nitrogen and oxygen atoms in total. The van der Waals surface area contributed by atoms with E-state index in [1.165, 1.54) is 0 Å².